The van der Waals surface area contributed by atoms with E-state index in [2.05, 4.69) is 9.82 Å². The Morgan fingerprint density at radius 1 is 1.53 bits per heavy atom. The molecule has 0 bridgehead atoms. The van der Waals surface area contributed by atoms with Crippen LogP contribution in [0.2, 0.25) is 0 Å². The maximum atomic E-state index is 11.9. The quantitative estimate of drug-likeness (QED) is 0.892. The molecule has 0 spiro atoms. The molecule has 7 heteroatoms. The zero-order valence-electron chi connectivity index (χ0n) is 9.28. The van der Waals surface area contributed by atoms with Crippen molar-refractivity contribution in [1.82, 2.24) is 14.5 Å². The van der Waals surface area contributed by atoms with E-state index in [1.54, 1.807) is 40.7 Å². The van der Waals surface area contributed by atoms with Crippen molar-refractivity contribution in [2.45, 2.75) is 23.7 Å². The number of nitrogens with one attached hydrogen (secondary N) is 1. The fraction of sp³-hybridized carbons (Fsp3) is 0.300. The van der Waals surface area contributed by atoms with E-state index in [1.807, 2.05) is 6.92 Å². The normalized spacial score (nSPS) is 13.7. The lowest BCUT2D eigenvalue weighted by atomic mass is 10.4. The van der Waals surface area contributed by atoms with Crippen molar-refractivity contribution in [1.29, 1.82) is 0 Å². The number of thiophene rings is 1. The second kappa shape index (κ2) is 4.99. The summed E-state index contributed by atoms with van der Waals surface area (Å²) in [5, 5.41) is 5.78. The van der Waals surface area contributed by atoms with Gasteiger partial charge in [0.05, 0.1) is 6.54 Å². The molecule has 0 aromatic carbocycles. The molecular formula is C10H13N3O2S2. The van der Waals surface area contributed by atoms with E-state index in [9.17, 15) is 8.42 Å². The minimum atomic E-state index is -3.39. The lowest BCUT2D eigenvalue weighted by molar-refractivity contribution is 0.494. The van der Waals surface area contributed by atoms with Crippen LogP contribution in [-0.2, 0) is 16.6 Å². The van der Waals surface area contributed by atoms with Gasteiger partial charge in [0.2, 0.25) is 10.0 Å². The highest BCUT2D eigenvalue weighted by Gasteiger charge is 2.18. The predicted octanol–water partition coefficient (Wildman–Crippen LogP) is 1.31. The molecule has 0 fully saturated rings. The molecule has 0 radical (unpaired) electrons. The van der Waals surface area contributed by atoms with Gasteiger partial charge in [-0.05, 0) is 24.4 Å². The van der Waals surface area contributed by atoms with Gasteiger partial charge >= 0.3 is 0 Å². The summed E-state index contributed by atoms with van der Waals surface area (Å²) in [6.07, 6.45) is 3.47. The topological polar surface area (TPSA) is 64.0 Å². The first-order valence-corrected chi connectivity index (χ1v) is 7.47. The zero-order chi connectivity index (χ0) is 12.3. The van der Waals surface area contributed by atoms with Crippen molar-refractivity contribution in [3.05, 3.63) is 36.0 Å². The molecule has 2 heterocycles. The van der Waals surface area contributed by atoms with Crippen molar-refractivity contribution < 1.29 is 8.42 Å². The van der Waals surface area contributed by atoms with Crippen LogP contribution in [0, 0.1) is 0 Å². The Morgan fingerprint density at radius 3 is 2.94 bits per heavy atom. The molecule has 0 unspecified atom stereocenters. The Hall–Kier alpha value is -1.18. The Morgan fingerprint density at radius 2 is 2.35 bits per heavy atom. The van der Waals surface area contributed by atoms with Crippen LogP contribution in [0.5, 0.6) is 0 Å². The van der Waals surface area contributed by atoms with Crippen LogP contribution >= 0.6 is 11.3 Å². The Balaban J connectivity index is 2.01. The van der Waals surface area contributed by atoms with Gasteiger partial charge in [0.25, 0.3) is 0 Å². The summed E-state index contributed by atoms with van der Waals surface area (Å²) in [7, 11) is -3.39. The molecule has 0 aliphatic carbocycles. The summed E-state index contributed by atoms with van der Waals surface area (Å²) in [5.41, 5.74) is 0. The van der Waals surface area contributed by atoms with E-state index in [0.717, 1.165) is 0 Å². The van der Waals surface area contributed by atoms with Crippen molar-refractivity contribution in [2.75, 3.05) is 0 Å². The van der Waals surface area contributed by atoms with Crippen molar-refractivity contribution in [3.8, 4) is 0 Å². The van der Waals surface area contributed by atoms with E-state index in [-0.39, 0.29) is 6.04 Å². The lowest BCUT2D eigenvalue weighted by Gasteiger charge is -2.13. The molecule has 0 aliphatic rings. The highest BCUT2D eigenvalue weighted by Crippen LogP contribution is 2.15. The smallest absolute Gasteiger partial charge is 0.250 e. The van der Waals surface area contributed by atoms with Crippen LogP contribution in [0.3, 0.4) is 0 Å². The minimum Gasteiger partial charge on any atom is -0.271 e. The third-order valence-electron chi connectivity index (χ3n) is 2.14. The van der Waals surface area contributed by atoms with Crippen LogP contribution < -0.4 is 4.72 Å². The molecule has 0 saturated carbocycles. The van der Waals surface area contributed by atoms with Crippen molar-refractivity contribution >= 4 is 21.4 Å². The first kappa shape index (κ1) is 12.3. The van der Waals surface area contributed by atoms with E-state index in [0.29, 0.717) is 10.8 Å². The molecule has 2 aromatic rings. The maximum absolute atomic E-state index is 11.9. The molecule has 2 rings (SSSR count). The van der Waals surface area contributed by atoms with Crippen LogP contribution in [0.15, 0.2) is 40.2 Å². The SMILES string of the molecule is C[C@@H](Cn1cccn1)NS(=O)(=O)c1cccs1. The van der Waals surface area contributed by atoms with Gasteiger partial charge in [0.1, 0.15) is 4.21 Å². The molecule has 5 nitrogen and oxygen atoms in total. The minimum absolute atomic E-state index is 0.206. The van der Waals surface area contributed by atoms with Crippen LogP contribution in [0.25, 0.3) is 0 Å². The highest BCUT2D eigenvalue weighted by molar-refractivity contribution is 7.91. The summed E-state index contributed by atoms with van der Waals surface area (Å²) in [5.74, 6) is 0. The summed E-state index contributed by atoms with van der Waals surface area (Å²) in [6, 6.07) is 4.91. The number of aromatic nitrogens is 2. The Kier molecular flexibility index (Phi) is 3.60. The van der Waals surface area contributed by atoms with E-state index < -0.39 is 10.0 Å². The second-order valence-corrected chi connectivity index (χ2v) is 6.57. The zero-order valence-corrected chi connectivity index (χ0v) is 10.9. The summed E-state index contributed by atoms with van der Waals surface area (Å²) >= 11 is 1.21. The Bertz CT molecular complexity index is 546. The molecule has 0 aliphatic heterocycles. The molecule has 1 N–H and O–H groups in total. The van der Waals surface area contributed by atoms with Gasteiger partial charge < -0.3 is 0 Å². The standard InChI is InChI=1S/C10H13N3O2S2/c1-9(8-13-6-3-5-11-13)12-17(14,15)10-4-2-7-16-10/h2-7,9,12H,8H2,1H3/t9-/m0/s1. The van der Waals surface area contributed by atoms with E-state index in [1.165, 1.54) is 11.3 Å². The number of nitrogens with zero attached hydrogens (tertiary/aromatic N) is 2. The lowest BCUT2D eigenvalue weighted by Crippen LogP contribution is -2.35. The highest BCUT2D eigenvalue weighted by atomic mass is 32.2. The fourth-order valence-electron chi connectivity index (χ4n) is 1.47. The van der Waals surface area contributed by atoms with E-state index in [4.69, 9.17) is 0 Å². The first-order valence-electron chi connectivity index (χ1n) is 5.11. The Labute approximate surface area is 104 Å². The van der Waals surface area contributed by atoms with Crippen LogP contribution in [-0.4, -0.2) is 24.2 Å². The van der Waals surface area contributed by atoms with Gasteiger partial charge in [0, 0.05) is 18.4 Å². The van der Waals surface area contributed by atoms with Gasteiger partial charge in [0.15, 0.2) is 0 Å². The third kappa shape index (κ3) is 3.15. The summed E-state index contributed by atoms with van der Waals surface area (Å²) < 4.78 is 28.5. The summed E-state index contributed by atoms with van der Waals surface area (Å²) in [6.45, 7) is 2.32. The molecular weight excluding hydrogens is 258 g/mol. The number of hydrogen-bond acceptors (Lipinski definition) is 4. The molecule has 2 aromatic heterocycles. The van der Waals surface area contributed by atoms with E-state index >= 15 is 0 Å². The van der Waals surface area contributed by atoms with Crippen molar-refractivity contribution in [2.24, 2.45) is 0 Å². The molecule has 92 valence electrons. The molecule has 0 saturated heterocycles. The van der Waals surface area contributed by atoms with Crippen molar-refractivity contribution in [3.63, 3.8) is 0 Å². The number of sulfonamides is 1. The predicted molar refractivity (Wildman–Crippen MR) is 66.3 cm³/mol. The molecule has 0 amide bonds. The van der Waals surface area contributed by atoms with Gasteiger partial charge in [-0.2, -0.15) is 5.10 Å². The fourth-order valence-corrected chi connectivity index (χ4v) is 3.71. The van der Waals surface area contributed by atoms with Gasteiger partial charge in [-0.1, -0.05) is 6.07 Å². The maximum Gasteiger partial charge on any atom is 0.250 e. The summed E-state index contributed by atoms with van der Waals surface area (Å²) in [4.78, 5) is 0. The van der Waals surface area contributed by atoms with Gasteiger partial charge in [-0.3, -0.25) is 4.68 Å². The number of rotatable bonds is 5. The molecule has 1 atom stereocenters. The van der Waals surface area contributed by atoms with Crippen LogP contribution in [0.1, 0.15) is 6.92 Å². The largest absolute Gasteiger partial charge is 0.271 e. The molecule has 17 heavy (non-hydrogen) atoms. The average molecular weight is 271 g/mol. The second-order valence-electron chi connectivity index (χ2n) is 3.68. The number of hydrogen-bond donors (Lipinski definition) is 1. The third-order valence-corrected chi connectivity index (χ3v) is 5.12. The average Bonchev–Trinajstić information content (AvgIpc) is 2.87. The van der Waals surface area contributed by atoms with Gasteiger partial charge in [-0.25, -0.2) is 13.1 Å². The van der Waals surface area contributed by atoms with Gasteiger partial charge in [-0.15, -0.1) is 11.3 Å². The van der Waals surface area contributed by atoms with Crippen LogP contribution in [0.4, 0.5) is 0 Å². The monoisotopic (exact) mass is 271 g/mol. The first-order chi connectivity index (χ1) is 8.08.